The van der Waals surface area contributed by atoms with Crippen LogP contribution >= 0.6 is 0 Å². The number of Topliss-reactive ketones (excluding diaryl/α,β-unsaturated/α-hetero) is 1. The number of fused-ring (bicyclic) bond motifs is 1. The van der Waals surface area contributed by atoms with E-state index in [1.165, 1.54) is 6.92 Å². The molecule has 2 N–H and O–H groups in total. The number of rotatable bonds is 6. The van der Waals surface area contributed by atoms with E-state index in [-0.39, 0.29) is 17.7 Å². The molecule has 24 heavy (non-hydrogen) atoms. The summed E-state index contributed by atoms with van der Waals surface area (Å²) < 4.78 is 1.87. The van der Waals surface area contributed by atoms with Gasteiger partial charge in [-0.25, -0.2) is 0 Å². The van der Waals surface area contributed by atoms with Crippen molar-refractivity contribution in [3.63, 3.8) is 0 Å². The van der Waals surface area contributed by atoms with Crippen LogP contribution in [0.15, 0.2) is 36.7 Å². The van der Waals surface area contributed by atoms with E-state index in [0.29, 0.717) is 17.1 Å². The average Bonchev–Trinajstić information content (AvgIpc) is 3.22. The number of pyridine rings is 1. The molecule has 0 unspecified atom stereocenters. The van der Waals surface area contributed by atoms with Crippen LogP contribution in [0.25, 0.3) is 5.65 Å². The van der Waals surface area contributed by atoms with Crippen molar-refractivity contribution in [1.82, 2.24) is 24.9 Å². The molecule has 0 aromatic carbocycles. The maximum absolute atomic E-state index is 12.5. The van der Waals surface area contributed by atoms with Crippen molar-refractivity contribution in [2.75, 3.05) is 0 Å². The molecule has 0 saturated carbocycles. The minimum Gasteiger partial charge on any atom is -0.356 e. The molecule has 3 heterocycles. The average molecular weight is 325 g/mol. The van der Waals surface area contributed by atoms with Crippen LogP contribution in [0, 0.1) is 0 Å². The number of carbonyl (C=O) groups excluding carboxylic acids is 2. The lowest BCUT2D eigenvalue weighted by atomic mass is 10.1. The van der Waals surface area contributed by atoms with Gasteiger partial charge in [0.2, 0.25) is 0 Å². The Morgan fingerprint density at radius 1 is 1.33 bits per heavy atom. The summed E-state index contributed by atoms with van der Waals surface area (Å²) in [7, 11) is 0. The van der Waals surface area contributed by atoms with E-state index in [1.807, 2.05) is 35.7 Å². The minimum atomic E-state index is -0.270. The number of carbonyl (C=O) groups is 2. The molecule has 7 heteroatoms. The van der Waals surface area contributed by atoms with Gasteiger partial charge in [0.15, 0.2) is 17.3 Å². The van der Waals surface area contributed by atoms with E-state index in [2.05, 4.69) is 20.5 Å². The minimum absolute atomic E-state index is 0.0844. The lowest BCUT2D eigenvalue weighted by Gasteiger charge is -2.16. The zero-order valence-electron chi connectivity index (χ0n) is 13.6. The molecule has 0 fully saturated rings. The first kappa shape index (κ1) is 15.9. The van der Waals surface area contributed by atoms with Gasteiger partial charge in [0.25, 0.3) is 5.91 Å². The molecule has 124 valence electrons. The van der Waals surface area contributed by atoms with Crippen molar-refractivity contribution >= 4 is 17.3 Å². The second-order valence-corrected chi connectivity index (χ2v) is 5.66. The van der Waals surface area contributed by atoms with Gasteiger partial charge in [-0.2, -0.15) is 0 Å². The fourth-order valence-corrected chi connectivity index (χ4v) is 2.62. The smallest absolute Gasteiger partial charge is 0.268 e. The van der Waals surface area contributed by atoms with Gasteiger partial charge in [-0.1, -0.05) is 19.4 Å². The summed E-state index contributed by atoms with van der Waals surface area (Å²) in [6.07, 6.45) is 5.04. The molecule has 1 atom stereocenters. The van der Waals surface area contributed by atoms with E-state index < -0.39 is 0 Å². The highest BCUT2D eigenvalue weighted by Gasteiger charge is 2.21. The van der Waals surface area contributed by atoms with Crippen molar-refractivity contribution in [3.05, 3.63) is 53.7 Å². The van der Waals surface area contributed by atoms with Gasteiger partial charge >= 0.3 is 0 Å². The Bertz CT molecular complexity index is 880. The highest BCUT2D eigenvalue weighted by Crippen LogP contribution is 2.18. The van der Waals surface area contributed by atoms with E-state index in [1.54, 1.807) is 12.3 Å². The van der Waals surface area contributed by atoms with Crippen molar-refractivity contribution in [1.29, 1.82) is 0 Å². The van der Waals surface area contributed by atoms with Gasteiger partial charge in [0, 0.05) is 18.0 Å². The number of amides is 1. The summed E-state index contributed by atoms with van der Waals surface area (Å²) in [5.74, 6) is 0.339. The van der Waals surface area contributed by atoms with Gasteiger partial charge in [-0.05, 0) is 31.5 Å². The predicted octanol–water partition coefficient (Wildman–Crippen LogP) is 2.53. The molecule has 3 rings (SSSR count). The van der Waals surface area contributed by atoms with Crippen LogP contribution in [0.2, 0.25) is 0 Å². The number of nitrogens with zero attached hydrogens (tertiary/aromatic N) is 3. The zero-order chi connectivity index (χ0) is 17.1. The number of H-pyrrole nitrogens is 1. The first-order valence-corrected chi connectivity index (χ1v) is 7.90. The number of hydrogen-bond acceptors (Lipinski definition) is 4. The van der Waals surface area contributed by atoms with Crippen LogP contribution in [-0.2, 0) is 0 Å². The third-order valence-corrected chi connectivity index (χ3v) is 3.87. The largest absolute Gasteiger partial charge is 0.356 e. The van der Waals surface area contributed by atoms with Crippen molar-refractivity contribution in [2.45, 2.75) is 32.7 Å². The van der Waals surface area contributed by atoms with Crippen LogP contribution in [0.1, 0.15) is 59.4 Å². The van der Waals surface area contributed by atoms with E-state index in [0.717, 1.165) is 18.5 Å². The lowest BCUT2D eigenvalue weighted by molar-refractivity contribution is 0.0927. The zero-order valence-corrected chi connectivity index (χ0v) is 13.6. The molecule has 0 aliphatic carbocycles. The van der Waals surface area contributed by atoms with Crippen LogP contribution in [0.3, 0.4) is 0 Å². The summed E-state index contributed by atoms with van der Waals surface area (Å²) >= 11 is 0. The Hall–Kier alpha value is -2.96. The van der Waals surface area contributed by atoms with E-state index >= 15 is 0 Å². The molecule has 0 saturated heterocycles. The number of hydrogen-bond donors (Lipinski definition) is 2. The molecule has 1 amide bonds. The molecule has 0 aliphatic rings. The first-order chi connectivity index (χ1) is 11.6. The SMILES string of the molecule is CCC[C@H](NC(=O)c1cc(C(C)=O)c[nH]1)c1nnc2ccccn12. The highest BCUT2D eigenvalue weighted by molar-refractivity contribution is 5.99. The normalized spacial score (nSPS) is 12.2. The van der Waals surface area contributed by atoms with Gasteiger partial charge in [-0.15, -0.1) is 10.2 Å². The number of ketones is 1. The molecule has 0 bridgehead atoms. The summed E-state index contributed by atoms with van der Waals surface area (Å²) in [6.45, 7) is 3.51. The Morgan fingerprint density at radius 2 is 2.17 bits per heavy atom. The van der Waals surface area contributed by atoms with E-state index in [4.69, 9.17) is 0 Å². The second-order valence-electron chi connectivity index (χ2n) is 5.66. The molecule has 3 aromatic heterocycles. The summed E-state index contributed by atoms with van der Waals surface area (Å²) in [5.41, 5.74) is 1.58. The molecular formula is C17H19N5O2. The molecule has 0 radical (unpaired) electrons. The van der Waals surface area contributed by atoms with Crippen LogP contribution in [-0.4, -0.2) is 31.3 Å². The summed E-state index contributed by atoms with van der Waals surface area (Å²) in [6, 6.07) is 6.95. The second kappa shape index (κ2) is 6.66. The van der Waals surface area contributed by atoms with E-state index in [9.17, 15) is 9.59 Å². The van der Waals surface area contributed by atoms with Crippen LogP contribution in [0.4, 0.5) is 0 Å². The number of aromatic nitrogens is 4. The first-order valence-electron chi connectivity index (χ1n) is 7.90. The fraction of sp³-hybridized carbons (Fsp3) is 0.294. The molecule has 0 aliphatic heterocycles. The summed E-state index contributed by atoms with van der Waals surface area (Å²) in [5, 5.41) is 11.3. The van der Waals surface area contributed by atoms with Crippen molar-refractivity contribution in [3.8, 4) is 0 Å². The maximum Gasteiger partial charge on any atom is 0.268 e. The number of nitrogens with one attached hydrogen (secondary N) is 2. The van der Waals surface area contributed by atoms with Crippen LogP contribution in [0.5, 0.6) is 0 Å². The van der Waals surface area contributed by atoms with Gasteiger partial charge in [0.1, 0.15) is 5.69 Å². The molecule has 3 aromatic rings. The van der Waals surface area contributed by atoms with Gasteiger partial charge < -0.3 is 10.3 Å². The predicted molar refractivity (Wildman–Crippen MR) is 88.9 cm³/mol. The van der Waals surface area contributed by atoms with Crippen molar-refractivity contribution < 1.29 is 9.59 Å². The Labute approximate surface area is 139 Å². The van der Waals surface area contributed by atoms with Crippen molar-refractivity contribution in [2.24, 2.45) is 0 Å². The monoisotopic (exact) mass is 325 g/mol. The Morgan fingerprint density at radius 3 is 2.88 bits per heavy atom. The fourth-order valence-electron chi connectivity index (χ4n) is 2.62. The Balaban J connectivity index is 1.85. The Kier molecular flexibility index (Phi) is 4.41. The van der Waals surface area contributed by atoms with Gasteiger partial charge in [0.05, 0.1) is 6.04 Å². The number of aromatic amines is 1. The molecular weight excluding hydrogens is 306 g/mol. The third-order valence-electron chi connectivity index (χ3n) is 3.87. The van der Waals surface area contributed by atoms with Crippen LogP contribution < -0.4 is 5.32 Å². The standard InChI is InChI=1S/C17H19N5O2/c1-3-6-13(16-21-20-15-7-4-5-8-22(15)16)19-17(24)14-9-12(10-18-14)11(2)23/h4-5,7-10,13,18H,3,6H2,1-2H3,(H,19,24)/t13-/m0/s1. The maximum atomic E-state index is 12.5. The van der Waals surface area contributed by atoms with Gasteiger partial charge in [-0.3, -0.25) is 14.0 Å². The lowest BCUT2D eigenvalue weighted by Crippen LogP contribution is -2.30. The molecule has 7 nitrogen and oxygen atoms in total. The quantitative estimate of drug-likeness (QED) is 0.681. The topological polar surface area (TPSA) is 92.1 Å². The third kappa shape index (κ3) is 3.05. The highest BCUT2D eigenvalue weighted by atomic mass is 16.2. The summed E-state index contributed by atoms with van der Waals surface area (Å²) in [4.78, 5) is 26.7. The molecule has 0 spiro atoms.